The molecule has 3 heterocycles. The van der Waals surface area contributed by atoms with Crippen molar-refractivity contribution in [2.45, 2.75) is 49.7 Å². The summed E-state index contributed by atoms with van der Waals surface area (Å²) in [6, 6.07) is 9.40. The Morgan fingerprint density at radius 3 is 2.52 bits per heavy atom. The molecule has 0 aromatic heterocycles. The molecule has 5 nitrogen and oxygen atoms in total. The summed E-state index contributed by atoms with van der Waals surface area (Å²) in [5, 5.41) is 0.0226. The van der Waals surface area contributed by atoms with Crippen LogP contribution in [0.3, 0.4) is 0 Å². The number of benzene rings is 1. The molecule has 3 atom stereocenters. The Morgan fingerprint density at radius 1 is 1.22 bits per heavy atom. The molecule has 0 N–H and O–H groups in total. The van der Waals surface area contributed by atoms with Gasteiger partial charge in [0.15, 0.2) is 11.9 Å². The normalized spacial score (nSPS) is 34.2. The Hall–Kier alpha value is -1.82. The maximum atomic E-state index is 12.5. The quantitative estimate of drug-likeness (QED) is 0.796. The summed E-state index contributed by atoms with van der Waals surface area (Å²) in [5.74, 6) is 0.463. The summed E-state index contributed by atoms with van der Waals surface area (Å²) in [6.07, 6.45) is 0.132. The third-order valence-corrected chi connectivity index (χ3v) is 6.64. The molecule has 2 fully saturated rings. The van der Waals surface area contributed by atoms with Crippen molar-refractivity contribution in [2.75, 3.05) is 0 Å². The molecule has 3 aliphatic heterocycles. The first-order chi connectivity index (χ1) is 10.8. The van der Waals surface area contributed by atoms with Crippen molar-refractivity contribution in [1.29, 1.82) is 0 Å². The van der Waals surface area contributed by atoms with E-state index in [0.717, 1.165) is 5.56 Å². The largest absolute Gasteiger partial charge is 0.454 e. The summed E-state index contributed by atoms with van der Waals surface area (Å²) < 4.78 is 5.60. The van der Waals surface area contributed by atoms with E-state index < -0.39 is 17.8 Å². The third-order valence-electron chi connectivity index (χ3n) is 5.15. The van der Waals surface area contributed by atoms with E-state index in [1.54, 1.807) is 4.90 Å². The van der Waals surface area contributed by atoms with Gasteiger partial charge in [0.2, 0.25) is 11.3 Å². The van der Waals surface area contributed by atoms with Gasteiger partial charge in [0.05, 0.1) is 0 Å². The Bertz CT molecular complexity index is 731. The number of amides is 1. The summed E-state index contributed by atoms with van der Waals surface area (Å²) in [4.78, 5) is 30.7. The number of ether oxygens (including phenoxy) is 1. The van der Waals surface area contributed by atoms with Crippen molar-refractivity contribution in [2.24, 2.45) is 4.99 Å². The van der Waals surface area contributed by atoms with Crippen LogP contribution in [-0.2, 0) is 20.7 Å². The minimum Gasteiger partial charge on any atom is -0.454 e. The van der Waals surface area contributed by atoms with Gasteiger partial charge < -0.3 is 4.74 Å². The fourth-order valence-corrected chi connectivity index (χ4v) is 4.61. The van der Waals surface area contributed by atoms with Crippen LogP contribution in [-0.4, -0.2) is 44.4 Å². The average Bonchev–Trinajstić information content (AvgIpc) is 2.87. The van der Waals surface area contributed by atoms with Gasteiger partial charge in [-0.1, -0.05) is 42.1 Å². The summed E-state index contributed by atoms with van der Waals surface area (Å²) >= 11 is 1.28. The smallest absolute Gasteiger partial charge is 0.257 e. The standard InChI is InChI=1S/C17H18N2O3S/c1-16(2)17(3,15(21)23-16)19-13(20)12-14(19)22-11(18-12)9-10-7-5-4-6-8-10/h4-8,12,14H,9H2,1-3H3/t12-,14-,17+/m1/s1. The average molecular weight is 330 g/mol. The monoisotopic (exact) mass is 330 g/mol. The highest BCUT2D eigenvalue weighted by Crippen LogP contribution is 2.56. The molecule has 1 aromatic carbocycles. The highest BCUT2D eigenvalue weighted by molar-refractivity contribution is 8.17. The zero-order valence-corrected chi connectivity index (χ0v) is 14.1. The van der Waals surface area contributed by atoms with Gasteiger partial charge >= 0.3 is 0 Å². The number of carbonyl (C=O) groups is 2. The van der Waals surface area contributed by atoms with Crippen molar-refractivity contribution in [3.8, 4) is 0 Å². The van der Waals surface area contributed by atoms with Crippen molar-refractivity contribution < 1.29 is 14.3 Å². The number of hydrogen-bond donors (Lipinski definition) is 0. The molecular formula is C17H18N2O3S. The first-order valence-electron chi connectivity index (χ1n) is 7.68. The second kappa shape index (κ2) is 4.60. The van der Waals surface area contributed by atoms with Crippen LogP contribution < -0.4 is 0 Å². The highest BCUT2D eigenvalue weighted by Gasteiger charge is 2.71. The van der Waals surface area contributed by atoms with Crippen LogP contribution in [0.1, 0.15) is 26.3 Å². The van der Waals surface area contributed by atoms with E-state index in [2.05, 4.69) is 4.99 Å². The molecule has 0 radical (unpaired) electrons. The second-order valence-electron chi connectivity index (χ2n) is 6.82. The molecule has 0 aliphatic carbocycles. The van der Waals surface area contributed by atoms with Crippen LogP contribution in [0.25, 0.3) is 0 Å². The lowest BCUT2D eigenvalue weighted by molar-refractivity contribution is -0.184. The first kappa shape index (κ1) is 14.8. The van der Waals surface area contributed by atoms with Gasteiger partial charge in [0.25, 0.3) is 5.91 Å². The van der Waals surface area contributed by atoms with E-state index in [-0.39, 0.29) is 15.8 Å². The molecule has 1 amide bonds. The summed E-state index contributed by atoms with van der Waals surface area (Å²) in [7, 11) is 0. The van der Waals surface area contributed by atoms with Crippen LogP contribution >= 0.6 is 11.8 Å². The zero-order chi connectivity index (χ0) is 16.4. The molecule has 0 bridgehead atoms. The summed E-state index contributed by atoms with van der Waals surface area (Å²) in [6.45, 7) is 5.80. The highest BCUT2D eigenvalue weighted by atomic mass is 32.2. The van der Waals surface area contributed by atoms with Crippen LogP contribution in [0.5, 0.6) is 0 Å². The number of likely N-dealkylation sites (tertiary alicyclic amines) is 1. The van der Waals surface area contributed by atoms with E-state index in [4.69, 9.17) is 4.74 Å². The number of carbonyl (C=O) groups excluding carboxylic acids is 2. The fourth-order valence-electron chi connectivity index (χ4n) is 3.36. The molecule has 0 spiro atoms. The Labute approximate surface area is 139 Å². The molecule has 1 aromatic rings. The minimum atomic E-state index is -0.812. The van der Waals surface area contributed by atoms with Crippen molar-refractivity contribution >= 4 is 28.7 Å². The molecule has 4 rings (SSSR count). The van der Waals surface area contributed by atoms with E-state index in [0.29, 0.717) is 12.3 Å². The maximum absolute atomic E-state index is 12.5. The predicted octanol–water partition coefficient (Wildman–Crippen LogP) is 2.01. The van der Waals surface area contributed by atoms with Crippen molar-refractivity contribution in [1.82, 2.24) is 4.90 Å². The Balaban J connectivity index is 1.53. The van der Waals surface area contributed by atoms with E-state index in [1.165, 1.54) is 11.8 Å². The number of aliphatic imine (C=N–C) groups is 1. The van der Waals surface area contributed by atoms with E-state index in [1.807, 2.05) is 51.1 Å². The summed E-state index contributed by atoms with van der Waals surface area (Å²) in [5.41, 5.74) is 0.279. The van der Waals surface area contributed by atoms with Gasteiger partial charge in [-0.15, -0.1) is 0 Å². The van der Waals surface area contributed by atoms with E-state index in [9.17, 15) is 9.59 Å². The fraction of sp³-hybridized carbons (Fsp3) is 0.471. The number of rotatable bonds is 3. The topological polar surface area (TPSA) is 59.0 Å². The lowest BCUT2D eigenvalue weighted by Gasteiger charge is -2.61. The van der Waals surface area contributed by atoms with Gasteiger partial charge in [0.1, 0.15) is 5.54 Å². The van der Waals surface area contributed by atoms with Crippen LogP contribution in [0.2, 0.25) is 0 Å². The van der Waals surface area contributed by atoms with Gasteiger partial charge in [-0.2, -0.15) is 0 Å². The van der Waals surface area contributed by atoms with Gasteiger partial charge in [-0.3, -0.25) is 14.5 Å². The van der Waals surface area contributed by atoms with Gasteiger partial charge in [-0.25, -0.2) is 4.99 Å². The zero-order valence-electron chi connectivity index (χ0n) is 13.3. The van der Waals surface area contributed by atoms with Gasteiger partial charge in [-0.05, 0) is 26.3 Å². The molecule has 120 valence electrons. The minimum absolute atomic E-state index is 0.0226. The van der Waals surface area contributed by atoms with Crippen LogP contribution in [0, 0.1) is 0 Å². The Morgan fingerprint density at radius 2 is 1.91 bits per heavy atom. The maximum Gasteiger partial charge on any atom is 0.257 e. The lowest BCUT2D eigenvalue weighted by atomic mass is 9.81. The van der Waals surface area contributed by atoms with Crippen molar-refractivity contribution in [3.05, 3.63) is 35.9 Å². The number of fused-ring (bicyclic) bond motifs is 1. The molecule has 3 aliphatic rings. The molecule has 0 saturated carbocycles. The number of nitrogens with zero attached hydrogens (tertiary/aromatic N) is 2. The second-order valence-corrected chi connectivity index (χ2v) is 8.41. The van der Waals surface area contributed by atoms with Crippen LogP contribution in [0.15, 0.2) is 35.3 Å². The van der Waals surface area contributed by atoms with Crippen LogP contribution in [0.4, 0.5) is 0 Å². The van der Waals surface area contributed by atoms with Crippen molar-refractivity contribution in [3.63, 3.8) is 0 Å². The third kappa shape index (κ3) is 1.84. The van der Waals surface area contributed by atoms with Gasteiger partial charge in [0, 0.05) is 11.2 Å². The Kier molecular flexibility index (Phi) is 2.95. The number of β-lactam (4-membered cyclic amide) rings is 1. The molecule has 23 heavy (non-hydrogen) atoms. The van der Waals surface area contributed by atoms with E-state index >= 15 is 0 Å². The molecule has 2 saturated heterocycles. The molecule has 0 unspecified atom stereocenters. The number of hydrogen-bond acceptors (Lipinski definition) is 5. The lowest BCUT2D eigenvalue weighted by Crippen LogP contribution is -2.80. The molecule has 6 heteroatoms. The predicted molar refractivity (Wildman–Crippen MR) is 88.2 cm³/mol. The molecular weight excluding hydrogens is 312 g/mol. The first-order valence-corrected chi connectivity index (χ1v) is 8.50. The SMILES string of the molecule is CC1(C)SC(=O)[C@]1(C)N1C(=O)[C@H]2N=C(Cc3ccccc3)O[C@H]21. The number of thioether (sulfide) groups is 1.